The van der Waals surface area contributed by atoms with Crippen molar-refractivity contribution in [3.63, 3.8) is 0 Å². The first-order valence-electron chi connectivity index (χ1n) is 6.71. The summed E-state index contributed by atoms with van der Waals surface area (Å²) in [5.74, 6) is 0.816. The van der Waals surface area contributed by atoms with Gasteiger partial charge in [-0.15, -0.1) is 0 Å². The Balaban J connectivity index is 2.06. The van der Waals surface area contributed by atoms with Crippen LogP contribution in [-0.2, 0) is 17.7 Å². The van der Waals surface area contributed by atoms with Crippen molar-refractivity contribution in [2.24, 2.45) is 5.41 Å². The maximum Gasteiger partial charge on any atom is 0.357 e. The van der Waals surface area contributed by atoms with Gasteiger partial charge in [-0.25, -0.2) is 14.8 Å². The summed E-state index contributed by atoms with van der Waals surface area (Å²) in [7, 11) is 1.40. The van der Waals surface area contributed by atoms with Gasteiger partial charge in [-0.1, -0.05) is 13.8 Å². The lowest BCUT2D eigenvalue weighted by Crippen LogP contribution is -2.28. The highest BCUT2D eigenvalue weighted by atomic mass is 16.5. The molecule has 102 valence electrons. The average Bonchev–Trinajstić information content (AvgIpc) is 3.05. The second kappa shape index (κ2) is 4.27. The topological polar surface area (TPSA) is 64.1 Å². The van der Waals surface area contributed by atoms with Crippen molar-refractivity contribution in [2.75, 3.05) is 13.7 Å². The molecule has 0 bridgehead atoms. The zero-order valence-corrected chi connectivity index (χ0v) is 11.6. The Kier molecular flexibility index (Phi) is 2.82. The van der Waals surface area contributed by atoms with Crippen LogP contribution >= 0.6 is 0 Å². The lowest BCUT2D eigenvalue weighted by molar-refractivity contribution is 0.0591. The van der Waals surface area contributed by atoms with Gasteiger partial charge in [0.25, 0.3) is 0 Å². The van der Waals surface area contributed by atoms with Crippen LogP contribution in [0.5, 0.6) is 0 Å². The predicted octanol–water partition coefficient (Wildman–Crippen LogP) is 1.42. The Hall–Kier alpha value is -1.49. The molecule has 0 radical (unpaired) electrons. The number of hydrogen-bond donors (Lipinski definition) is 1. The number of rotatable bonds is 2. The van der Waals surface area contributed by atoms with Crippen LogP contribution in [0.1, 0.15) is 53.8 Å². The van der Waals surface area contributed by atoms with Crippen LogP contribution < -0.4 is 5.32 Å². The molecule has 0 amide bonds. The number of aromatic nitrogens is 2. The molecule has 1 aliphatic carbocycles. The molecule has 1 unspecified atom stereocenters. The van der Waals surface area contributed by atoms with Crippen LogP contribution in [0.4, 0.5) is 0 Å². The van der Waals surface area contributed by atoms with Gasteiger partial charge in [-0.2, -0.15) is 0 Å². The van der Waals surface area contributed by atoms with Crippen molar-refractivity contribution in [1.82, 2.24) is 15.3 Å². The number of nitrogens with zero attached hydrogens (tertiary/aromatic N) is 2. The van der Waals surface area contributed by atoms with Crippen molar-refractivity contribution in [2.45, 2.75) is 39.2 Å². The molecule has 1 aromatic heterocycles. The monoisotopic (exact) mass is 261 g/mol. The molecule has 5 heteroatoms. The van der Waals surface area contributed by atoms with E-state index in [0.717, 1.165) is 36.5 Å². The molecule has 0 spiro atoms. The van der Waals surface area contributed by atoms with E-state index in [1.54, 1.807) is 0 Å². The highest BCUT2D eigenvalue weighted by molar-refractivity contribution is 5.89. The number of esters is 1. The van der Waals surface area contributed by atoms with Crippen molar-refractivity contribution < 1.29 is 9.53 Å². The standard InChI is InChI=1S/C14H19N3O2/c1-14(2)6-9(14)12-16-10-7-15-5-4-8(10)11(17-12)13(18)19-3/h9,15H,4-7H2,1-3H3. The quantitative estimate of drug-likeness (QED) is 0.816. The van der Waals surface area contributed by atoms with E-state index >= 15 is 0 Å². The number of carbonyl (C=O) groups is 1. The molecule has 2 aliphatic rings. The van der Waals surface area contributed by atoms with Crippen LogP contribution in [0.3, 0.4) is 0 Å². The minimum absolute atomic E-state index is 0.254. The number of ether oxygens (including phenoxy) is 1. The Bertz CT molecular complexity index is 540. The molecule has 1 N–H and O–H groups in total. The van der Waals surface area contributed by atoms with Crippen LogP contribution in [0.15, 0.2) is 0 Å². The van der Waals surface area contributed by atoms with Crippen molar-refractivity contribution in [3.05, 3.63) is 22.8 Å². The zero-order chi connectivity index (χ0) is 13.6. The number of fused-ring (bicyclic) bond motifs is 1. The van der Waals surface area contributed by atoms with Gasteiger partial charge in [0.1, 0.15) is 5.82 Å². The summed E-state index contributed by atoms with van der Waals surface area (Å²) in [5.41, 5.74) is 2.63. The summed E-state index contributed by atoms with van der Waals surface area (Å²) in [5, 5.41) is 3.29. The number of nitrogens with one attached hydrogen (secondary N) is 1. The lowest BCUT2D eigenvalue weighted by atomic mass is 10.0. The number of methoxy groups -OCH3 is 1. The Morgan fingerprint density at radius 1 is 1.42 bits per heavy atom. The third-order valence-electron chi connectivity index (χ3n) is 4.16. The van der Waals surface area contributed by atoms with E-state index in [9.17, 15) is 4.79 Å². The Morgan fingerprint density at radius 2 is 2.16 bits per heavy atom. The van der Waals surface area contributed by atoms with E-state index in [-0.39, 0.29) is 11.4 Å². The first-order chi connectivity index (χ1) is 9.03. The average molecular weight is 261 g/mol. The highest BCUT2D eigenvalue weighted by Crippen LogP contribution is 2.57. The number of hydrogen-bond acceptors (Lipinski definition) is 5. The molecular formula is C14H19N3O2. The van der Waals surface area contributed by atoms with Crippen LogP contribution in [0.25, 0.3) is 0 Å². The molecule has 0 aromatic carbocycles. The SMILES string of the molecule is COC(=O)c1nc(C2CC2(C)C)nc2c1CCNC2. The van der Waals surface area contributed by atoms with Crippen LogP contribution in [0.2, 0.25) is 0 Å². The summed E-state index contributed by atoms with van der Waals surface area (Å²) < 4.78 is 4.86. The van der Waals surface area contributed by atoms with E-state index in [1.807, 2.05) is 0 Å². The van der Waals surface area contributed by atoms with Crippen LogP contribution in [-0.4, -0.2) is 29.6 Å². The molecule has 1 fully saturated rings. The molecule has 5 nitrogen and oxygen atoms in total. The predicted molar refractivity (Wildman–Crippen MR) is 69.9 cm³/mol. The second-order valence-electron chi connectivity index (χ2n) is 6.02. The van der Waals surface area contributed by atoms with Gasteiger partial charge in [0, 0.05) is 18.0 Å². The molecular weight excluding hydrogens is 242 g/mol. The maximum atomic E-state index is 11.9. The molecule has 2 heterocycles. The number of carbonyl (C=O) groups excluding carboxylic acids is 1. The fraction of sp³-hybridized carbons (Fsp3) is 0.643. The second-order valence-corrected chi connectivity index (χ2v) is 6.02. The molecule has 1 saturated carbocycles. The zero-order valence-electron chi connectivity index (χ0n) is 11.6. The van der Waals surface area contributed by atoms with E-state index in [0.29, 0.717) is 18.2 Å². The van der Waals surface area contributed by atoms with E-state index in [2.05, 4.69) is 29.1 Å². The lowest BCUT2D eigenvalue weighted by Gasteiger charge is -2.19. The largest absolute Gasteiger partial charge is 0.464 e. The molecule has 1 aliphatic heterocycles. The van der Waals surface area contributed by atoms with Crippen molar-refractivity contribution >= 4 is 5.97 Å². The third-order valence-corrected chi connectivity index (χ3v) is 4.16. The minimum atomic E-state index is -0.347. The van der Waals surface area contributed by atoms with E-state index in [1.165, 1.54) is 7.11 Å². The maximum absolute atomic E-state index is 11.9. The third kappa shape index (κ3) is 2.12. The Morgan fingerprint density at radius 3 is 2.79 bits per heavy atom. The van der Waals surface area contributed by atoms with Crippen molar-refractivity contribution in [3.8, 4) is 0 Å². The summed E-state index contributed by atoms with van der Waals surface area (Å²) in [6, 6.07) is 0. The van der Waals surface area contributed by atoms with Gasteiger partial charge in [0.15, 0.2) is 5.69 Å². The van der Waals surface area contributed by atoms with Crippen LogP contribution in [0, 0.1) is 5.41 Å². The van der Waals surface area contributed by atoms with Gasteiger partial charge in [0.05, 0.1) is 12.8 Å². The van der Waals surface area contributed by atoms with Gasteiger partial charge in [-0.05, 0) is 24.8 Å². The highest BCUT2D eigenvalue weighted by Gasteiger charge is 2.49. The molecule has 1 atom stereocenters. The fourth-order valence-corrected chi connectivity index (χ4v) is 2.71. The summed E-state index contributed by atoms with van der Waals surface area (Å²) in [6.07, 6.45) is 1.87. The minimum Gasteiger partial charge on any atom is -0.464 e. The van der Waals surface area contributed by atoms with Gasteiger partial charge in [0.2, 0.25) is 0 Å². The van der Waals surface area contributed by atoms with Gasteiger partial charge in [-0.3, -0.25) is 0 Å². The molecule has 3 rings (SSSR count). The van der Waals surface area contributed by atoms with E-state index in [4.69, 9.17) is 4.74 Å². The Labute approximate surface area is 112 Å². The molecule has 1 aromatic rings. The molecule has 0 saturated heterocycles. The first kappa shape index (κ1) is 12.5. The smallest absolute Gasteiger partial charge is 0.357 e. The summed E-state index contributed by atoms with van der Waals surface area (Å²) >= 11 is 0. The fourth-order valence-electron chi connectivity index (χ4n) is 2.71. The van der Waals surface area contributed by atoms with E-state index < -0.39 is 0 Å². The normalized spacial score (nSPS) is 23.6. The van der Waals surface area contributed by atoms with Gasteiger partial charge < -0.3 is 10.1 Å². The van der Waals surface area contributed by atoms with Crippen molar-refractivity contribution in [1.29, 1.82) is 0 Å². The molecule has 19 heavy (non-hydrogen) atoms. The summed E-state index contributed by atoms with van der Waals surface area (Å²) in [4.78, 5) is 21.1. The summed E-state index contributed by atoms with van der Waals surface area (Å²) in [6.45, 7) is 5.98. The first-order valence-corrected chi connectivity index (χ1v) is 6.71. The van der Waals surface area contributed by atoms with Gasteiger partial charge >= 0.3 is 5.97 Å².